The van der Waals surface area contributed by atoms with Crippen LogP contribution in [0.2, 0.25) is 0 Å². The number of carbonyl (C=O) groups is 2. The van der Waals surface area contributed by atoms with Gasteiger partial charge in [-0.3, -0.25) is 4.79 Å². The topological polar surface area (TPSA) is 75.6 Å². The van der Waals surface area contributed by atoms with Crippen molar-refractivity contribution in [2.75, 3.05) is 19.8 Å². The van der Waals surface area contributed by atoms with E-state index in [4.69, 9.17) is 9.84 Å². The number of carboxylic acids is 1. The Morgan fingerprint density at radius 1 is 1.44 bits per heavy atom. The lowest BCUT2D eigenvalue weighted by atomic mass is 10.1. The van der Waals surface area contributed by atoms with E-state index in [9.17, 15) is 9.59 Å². The van der Waals surface area contributed by atoms with E-state index in [1.165, 1.54) is 0 Å². The van der Waals surface area contributed by atoms with Crippen LogP contribution < -0.4 is 5.32 Å². The molecule has 18 heavy (non-hydrogen) atoms. The Balaban J connectivity index is 2.41. The lowest BCUT2D eigenvalue weighted by Gasteiger charge is -2.08. The Kier molecular flexibility index (Phi) is 6.06. The molecule has 0 heterocycles. The van der Waals surface area contributed by atoms with Crippen LogP contribution in [0.25, 0.3) is 0 Å². The maximum absolute atomic E-state index is 11.8. The molecule has 1 rings (SSSR count). The van der Waals surface area contributed by atoms with E-state index in [0.717, 1.165) is 9.13 Å². The SMILES string of the molecule is Cc1cccc(C(=O)NCCOCC(=O)O)c1I. The first-order valence-corrected chi connectivity index (χ1v) is 6.43. The molecule has 98 valence electrons. The summed E-state index contributed by atoms with van der Waals surface area (Å²) in [6.07, 6.45) is 0. The Morgan fingerprint density at radius 3 is 2.83 bits per heavy atom. The molecule has 5 nitrogen and oxygen atoms in total. The van der Waals surface area contributed by atoms with E-state index in [-0.39, 0.29) is 25.7 Å². The Bertz CT molecular complexity index is 448. The molecule has 6 heteroatoms. The average Bonchev–Trinajstić information content (AvgIpc) is 2.31. The van der Waals surface area contributed by atoms with Crippen LogP contribution >= 0.6 is 22.6 Å². The van der Waals surface area contributed by atoms with Crippen LogP contribution in [0.4, 0.5) is 0 Å². The molecule has 0 bridgehead atoms. The van der Waals surface area contributed by atoms with Gasteiger partial charge in [-0.1, -0.05) is 12.1 Å². The zero-order valence-electron chi connectivity index (χ0n) is 9.90. The molecule has 2 N–H and O–H groups in total. The van der Waals surface area contributed by atoms with Gasteiger partial charge in [-0.2, -0.15) is 0 Å². The molecule has 1 aromatic carbocycles. The number of halogens is 1. The highest BCUT2D eigenvalue weighted by Crippen LogP contribution is 2.16. The first-order chi connectivity index (χ1) is 8.52. The first-order valence-electron chi connectivity index (χ1n) is 5.35. The van der Waals surface area contributed by atoms with Crippen molar-refractivity contribution in [1.82, 2.24) is 5.32 Å². The number of aryl methyl sites for hydroxylation is 1. The summed E-state index contributed by atoms with van der Waals surface area (Å²) in [5.74, 6) is -1.20. The number of aliphatic carboxylic acids is 1. The van der Waals surface area contributed by atoms with E-state index in [1.54, 1.807) is 6.07 Å². The molecule has 1 amide bonds. The molecule has 0 saturated heterocycles. The number of amides is 1. The number of nitrogens with one attached hydrogen (secondary N) is 1. The average molecular weight is 363 g/mol. The molecular weight excluding hydrogens is 349 g/mol. The van der Waals surface area contributed by atoms with Crippen LogP contribution in [0.15, 0.2) is 18.2 Å². The predicted octanol–water partition coefficient (Wildman–Crippen LogP) is 1.43. The first kappa shape index (κ1) is 14.9. The molecule has 0 saturated carbocycles. The molecule has 0 spiro atoms. The van der Waals surface area contributed by atoms with Crippen LogP contribution in [-0.2, 0) is 9.53 Å². The van der Waals surface area contributed by atoms with E-state index in [1.807, 2.05) is 19.1 Å². The monoisotopic (exact) mass is 363 g/mol. The van der Waals surface area contributed by atoms with Gasteiger partial charge in [-0.05, 0) is 41.1 Å². The van der Waals surface area contributed by atoms with Gasteiger partial charge in [0.1, 0.15) is 6.61 Å². The number of ether oxygens (including phenoxy) is 1. The van der Waals surface area contributed by atoms with Gasteiger partial charge in [0.05, 0.1) is 12.2 Å². The highest BCUT2D eigenvalue weighted by molar-refractivity contribution is 14.1. The minimum atomic E-state index is -1.02. The summed E-state index contributed by atoms with van der Waals surface area (Å²) in [6.45, 7) is 2.06. The summed E-state index contributed by atoms with van der Waals surface area (Å²) in [7, 11) is 0. The minimum absolute atomic E-state index is 0.179. The van der Waals surface area contributed by atoms with Crippen LogP contribution in [-0.4, -0.2) is 36.7 Å². The Hall–Kier alpha value is -1.15. The largest absolute Gasteiger partial charge is 0.480 e. The summed E-state index contributed by atoms with van der Waals surface area (Å²) >= 11 is 2.13. The van der Waals surface area contributed by atoms with Gasteiger partial charge in [0, 0.05) is 10.1 Å². The van der Waals surface area contributed by atoms with Gasteiger partial charge in [0.2, 0.25) is 0 Å². The molecule has 0 aliphatic rings. The highest BCUT2D eigenvalue weighted by atomic mass is 127. The molecule has 0 atom stereocenters. The molecule has 1 aromatic rings. The second kappa shape index (κ2) is 7.32. The van der Waals surface area contributed by atoms with Crippen LogP contribution in [0.3, 0.4) is 0 Å². The summed E-state index contributed by atoms with van der Waals surface area (Å²) < 4.78 is 5.73. The number of benzene rings is 1. The summed E-state index contributed by atoms with van der Waals surface area (Å²) in [6, 6.07) is 5.52. The van der Waals surface area contributed by atoms with E-state index >= 15 is 0 Å². The van der Waals surface area contributed by atoms with Crippen molar-refractivity contribution in [3.63, 3.8) is 0 Å². The van der Waals surface area contributed by atoms with Crippen molar-refractivity contribution in [2.45, 2.75) is 6.92 Å². The standard InChI is InChI=1S/C12H14INO4/c1-8-3-2-4-9(11(8)13)12(17)14-5-6-18-7-10(15)16/h2-4H,5-7H2,1H3,(H,14,17)(H,15,16). The Labute approximate surface area is 119 Å². The van der Waals surface area contributed by atoms with Crippen molar-refractivity contribution < 1.29 is 19.4 Å². The molecule has 0 fully saturated rings. The third kappa shape index (κ3) is 4.61. The smallest absolute Gasteiger partial charge is 0.329 e. The third-order valence-corrected chi connectivity index (χ3v) is 3.63. The van der Waals surface area contributed by atoms with Crippen molar-refractivity contribution in [1.29, 1.82) is 0 Å². The van der Waals surface area contributed by atoms with Gasteiger partial charge in [-0.25, -0.2) is 4.79 Å². The highest BCUT2D eigenvalue weighted by Gasteiger charge is 2.10. The number of carbonyl (C=O) groups excluding carboxylic acids is 1. The number of rotatable bonds is 6. The number of hydrogen-bond acceptors (Lipinski definition) is 3. The van der Waals surface area contributed by atoms with Crippen LogP contribution in [0, 0.1) is 10.5 Å². The molecule has 0 aromatic heterocycles. The second-order valence-electron chi connectivity index (χ2n) is 3.64. The maximum Gasteiger partial charge on any atom is 0.329 e. The van der Waals surface area contributed by atoms with Crippen molar-refractivity contribution in [3.8, 4) is 0 Å². The zero-order valence-corrected chi connectivity index (χ0v) is 12.1. The van der Waals surface area contributed by atoms with Gasteiger partial charge in [-0.15, -0.1) is 0 Å². The summed E-state index contributed by atoms with van der Waals surface area (Å²) in [5.41, 5.74) is 1.67. The quantitative estimate of drug-likeness (QED) is 0.592. The van der Waals surface area contributed by atoms with Crippen LogP contribution in [0.1, 0.15) is 15.9 Å². The lowest BCUT2D eigenvalue weighted by Crippen LogP contribution is -2.28. The Morgan fingerprint density at radius 2 is 2.17 bits per heavy atom. The molecule has 0 aliphatic carbocycles. The molecular formula is C12H14INO4. The fraction of sp³-hybridized carbons (Fsp3) is 0.333. The van der Waals surface area contributed by atoms with Gasteiger partial charge in [0.25, 0.3) is 5.91 Å². The normalized spacial score (nSPS) is 10.1. The van der Waals surface area contributed by atoms with Crippen molar-refractivity contribution >= 4 is 34.5 Å². The van der Waals surface area contributed by atoms with Gasteiger partial charge < -0.3 is 15.2 Å². The minimum Gasteiger partial charge on any atom is -0.480 e. The fourth-order valence-corrected chi connectivity index (χ4v) is 1.92. The number of carboxylic acid groups (broad SMARTS) is 1. The van der Waals surface area contributed by atoms with Crippen molar-refractivity contribution in [2.24, 2.45) is 0 Å². The van der Waals surface area contributed by atoms with Crippen LogP contribution in [0.5, 0.6) is 0 Å². The van der Waals surface area contributed by atoms with Gasteiger partial charge in [0.15, 0.2) is 0 Å². The molecule has 0 radical (unpaired) electrons. The molecule has 0 aliphatic heterocycles. The van der Waals surface area contributed by atoms with E-state index in [2.05, 4.69) is 27.9 Å². The predicted molar refractivity (Wildman–Crippen MR) is 74.7 cm³/mol. The van der Waals surface area contributed by atoms with E-state index in [0.29, 0.717) is 5.56 Å². The maximum atomic E-state index is 11.8. The fourth-order valence-electron chi connectivity index (χ4n) is 1.31. The van der Waals surface area contributed by atoms with E-state index < -0.39 is 5.97 Å². The zero-order chi connectivity index (χ0) is 13.5. The lowest BCUT2D eigenvalue weighted by molar-refractivity contribution is -0.142. The third-order valence-electron chi connectivity index (χ3n) is 2.19. The number of hydrogen-bond donors (Lipinski definition) is 2. The second-order valence-corrected chi connectivity index (χ2v) is 4.72. The molecule has 0 unspecified atom stereocenters. The van der Waals surface area contributed by atoms with Crippen molar-refractivity contribution in [3.05, 3.63) is 32.9 Å². The van der Waals surface area contributed by atoms with Gasteiger partial charge >= 0.3 is 5.97 Å². The summed E-state index contributed by atoms with van der Waals surface area (Å²) in [4.78, 5) is 22.0. The summed E-state index contributed by atoms with van der Waals surface area (Å²) in [5, 5.41) is 11.0.